The van der Waals surface area contributed by atoms with Gasteiger partial charge in [-0.1, -0.05) is 0 Å². The molecule has 1 heterocycles. The van der Waals surface area contributed by atoms with Gasteiger partial charge in [0.25, 0.3) is 0 Å². The van der Waals surface area contributed by atoms with Crippen molar-refractivity contribution in [1.29, 1.82) is 0 Å². The van der Waals surface area contributed by atoms with Crippen LogP contribution in [0.4, 0.5) is 0 Å². The molecule has 1 aliphatic heterocycles. The van der Waals surface area contributed by atoms with E-state index in [0.29, 0.717) is 24.4 Å². The van der Waals surface area contributed by atoms with E-state index in [4.69, 9.17) is 4.74 Å². The lowest BCUT2D eigenvalue weighted by Gasteiger charge is -2.14. The summed E-state index contributed by atoms with van der Waals surface area (Å²) < 4.78 is 5.90. The van der Waals surface area contributed by atoms with E-state index >= 15 is 0 Å². The minimum Gasteiger partial charge on any atom is -0.496 e. The maximum absolute atomic E-state index is 12.1. The molecule has 0 saturated carbocycles. The van der Waals surface area contributed by atoms with Crippen molar-refractivity contribution in [3.63, 3.8) is 0 Å². The van der Waals surface area contributed by atoms with Gasteiger partial charge in [-0.25, -0.2) is 0 Å². The van der Waals surface area contributed by atoms with Gasteiger partial charge in [-0.3, -0.25) is 9.69 Å². The van der Waals surface area contributed by atoms with Gasteiger partial charge < -0.3 is 9.84 Å². The molecule has 0 aromatic heterocycles. The zero-order valence-electron chi connectivity index (χ0n) is 10.2. The second-order valence-corrected chi connectivity index (χ2v) is 5.30. The van der Waals surface area contributed by atoms with Gasteiger partial charge in [-0.15, -0.1) is 0 Å². The van der Waals surface area contributed by atoms with Crippen LogP contribution in [-0.2, 0) is 0 Å². The van der Waals surface area contributed by atoms with Gasteiger partial charge >= 0.3 is 0 Å². The van der Waals surface area contributed by atoms with Crippen LogP contribution in [-0.4, -0.2) is 48.6 Å². The number of hydrogen-bond donors (Lipinski definition) is 1. The summed E-state index contributed by atoms with van der Waals surface area (Å²) in [7, 11) is 1.59. The van der Waals surface area contributed by atoms with E-state index in [0.717, 1.165) is 17.4 Å². The topological polar surface area (TPSA) is 49.8 Å². The van der Waals surface area contributed by atoms with Gasteiger partial charge in [0.15, 0.2) is 5.78 Å². The number of methoxy groups -OCH3 is 1. The average Bonchev–Trinajstić information content (AvgIpc) is 2.74. The Hall–Kier alpha value is -0.910. The second kappa shape index (κ2) is 5.82. The first-order valence-corrected chi connectivity index (χ1v) is 6.66. The number of nitrogens with zero attached hydrogens (tertiary/aromatic N) is 1. The van der Waals surface area contributed by atoms with Crippen LogP contribution >= 0.6 is 15.9 Å². The number of carbonyl (C=O) groups excluding carboxylic acids is 1. The van der Waals surface area contributed by atoms with Crippen LogP contribution in [0.1, 0.15) is 16.8 Å². The SMILES string of the molecule is COc1ccc(C(=O)CN2CCC(O)C2)cc1Br. The van der Waals surface area contributed by atoms with Gasteiger partial charge in [-0.2, -0.15) is 0 Å². The molecular formula is C13H16BrNO3. The van der Waals surface area contributed by atoms with E-state index in [-0.39, 0.29) is 11.9 Å². The summed E-state index contributed by atoms with van der Waals surface area (Å²) >= 11 is 3.37. The number of Topliss-reactive ketones (excluding diaryl/α,β-unsaturated/α-hetero) is 1. The minimum atomic E-state index is -0.291. The molecule has 98 valence electrons. The van der Waals surface area contributed by atoms with Gasteiger partial charge in [0.1, 0.15) is 5.75 Å². The first-order chi connectivity index (χ1) is 8.60. The molecule has 1 N–H and O–H groups in total. The molecule has 4 nitrogen and oxygen atoms in total. The standard InChI is InChI=1S/C13H16BrNO3/c1-18-13-3-2-9(6-11(13)14)12(17)8-15-5-4-10(16)7-15/h2-3,6,10,16H,4-5,7-8H2,1H3. The Morgan fingerprint density at radius 3 is 2.94 bits per heavy atom. The highest BCUT2D eigenvalue weighted by atomic mass is 79.9. The number of aliphatic hydroxyl groups excluding tert-OH is 1. The fourth-order valence-electron chi connectivity index (χ4n) is 2.09. The lowest BCUT2D eigenvalue weighted by atomic mass is 10.1. The lowest BCUT2D eigenvalue weighted by molar-refractivity contribution is 0.0934. The van der Waals surface area contributed by atoms with Crippen molar-refractivity contribution >= 4 is 21.7 Å². The van der Waals surface area contributed by atoms with Crippen molar-refractivity contribution < 1.29 is 14.6 Å². The maximum atomic E-state index is 12.1. The largest absolute Gasteiger partial charge is 0.496 e. The van der Waals surface area contributed by atoms with Crippen molar-refractivity contribution in [3.05, 3.63) is 28.2 Å². The summed E-state index contributed by atoms with van der Waals surface area (Å²) in [6.07, 6.45) is 0.458. The summed E-state index contributed by atoms with van der Waals surface area (Å²) in [5.41, 5.74) is 0.657. The predicted octanol–water partition coefficient (Wildman–Crippen LogP) is 1.71. The van der Waals surface area contributed by atoms with Crippen molar-refractivity contribution in [2.24, 2.45) is 0 Å². The molecule has 1 unspecified atom stereocenters. The van der Waals surface area contributed by atoms with Gasteiger partial charge in [0.2, 0.25) is 0 Å². The Kier molecular flexibility index (Phi) is 4.37. The normalized spacial score (nSPS) is 20.1. The summed E-state index contributed by atoms with van der Waals surface area (Å²) in [6, 6.07) is 5.31. The van der Waals surface area contributed by atoms with Gasteiger partial charge in [0, 0.05) is 18.7 Å². The minimum absolute atomic E-state index is 0.0625. The summed E-state index contributed by atoms with van der Waals surface area (Å²) in [4.78, 5) is 14.1. The molecule has 1 fully saturated rings. The zero-order valence-corrected chi connectivity index (χ0v) is 11.8. The molecule has 1 aliphatic rings. The van der Waals surface area contributed by atoms with E-state index < -0.39 is 0 Å². The van der Waals surface area contributed by atoms with E-state index in [2.05, 4.69) is 15.9 Å². The molecule has 0 radical (unpaired) electrons. The highest BCUT2D eigenvalue weighted by molar-refractivity contribution is 9.10. The first-order valence-electron chi connectivity index (χ1n) is 5.87. The van der Waals surface area contributed by atoms with E-state index in [1.807, 2.05) is 4.90 Å². The summed E-state index contributed by atoms with van der Waals surface area (Å²) in [6.45, 7) is 1.73. The molecule has 0 amide bonds. The number of hydrogen-bond acceptors (Lipinski definition) is 4. The molecule has 0 aliphatic carbocycles. The Labute approximate surface area is 115 Å². The molecule has 1 aromatic rings. The fraction of sp³-hybridized carbons (Fsp3) is 0.462. The van der Waals surface area contributed by atoms with Crippen molar-refractivity contribution in [2.45, 2.75) is 12.5 Å². The van der Waals surface area contributed by atoms with Gasteiger partial charge in [0.05, 0.1) is 24.2 Å². The summed E-state index contributed by atoms with van der Waals surface area (Å²) in [5.74, 6) is 0.774. The molecule has 2 rings (SSSR count). The third-order valence-electron chi connectivity index (χ3n) is 3.09. The monoisotopic (exact) mass is 313 g/mol. The predicted molar refractivity (Wildman–Crippen MR) is 72.1 cm³/mol. The molecule has 0 bridgehead atoms. The molecule has 1 atom stereocenters. The number of ether oxygens (including phenoxy) is 1. The highest BCUT2D eigenvalue weighted by Crippen LogP contribution is 2.25. The molecule has 0 spiro atoms. The number of likely N-dealkylation sites (tertiary alicyclic amines) is 1. The van der Waals surface area contributed by atoms with Crippen LogP contribution in [0.2, 0.25) is 0 Å². The van der Waals surface area contributed by atoms with E-state index in [9.17, 15) is 9.90 Å². The number of carbonyl (C=O) groups is 1. The van der Waals surface area contributed by atoms with Crippen molar-refractivity contribution in [3.8, 4) is 5.75 Å². The molecule has 1 saturated heterocycles. The molecule has 18 heavy (non-hydrogen) atoms. The molecule has 1 aromatic carbocycles. The third-order valence-corrected chi connectivity index (χ3v) is 3.71. The molecule has 5 heteroatoms. The van der Waals surface area contributed by atoms with Crippen LogP contribution in [0, 0.1) is 0 Å². The van der Waals surface area contributed by atoms with Crippen LogP contribution in [0.5, 0.6) is 5.75 Å². The van der Waals surface area contributed by atoms with Gasteiger partial charge in [-0.05, 0) is 40.5 Å². The number of β-amino-alcohol motifs (C(OH)–C–C–N with tert-alkyl or cyclic N) is 1. The van der Waals surface area contributed by atoms with Crippen LogP contribution in [0.25, 0.3) is 0 Å². The third kappa shape index (κ3) is 3.10. The second-order valence-electron chi connectivity index (χ2n) is 4.45. The van der Waals surface area contributed by atoms with E-state index in [1.165, 1.54) is 0 Å². The lowest BCUT2D eigenvalue weighted by Crippen LogP contribution is -2.28. The number of rotatable bonds is 4. The number of ketones is 1. The fourth-order valence-corrected chi connectivity index (χ4v) is 2.63. The average molecular weight is 314 g/mol. The van der Waals surface area contributed by atoms with Crippen LogP contribution < -0.4 is 4.74 Å². The first kappa shape index (κ1) is 13.5. The Balaban J connectivity index is 2.02. The van der Waals surface area contributed by atoms with Crippen LogP contribution in [0.3, 0.4) is 0 Å². The Morgan fingerprint density at radius 1 is 1.61 bits per heavy atom. The molecular weight excluding hydrogens is 298 g/mol. The Morgan fingerprint density at radius 2 is 2.39 bits per heavy atom. The Bertz CT molecular complexity index is 450. The smallest absolute Gasteiger partial charge is 0.176 e. The maximum Gasteiger partial charge on any atom is 0.176 e. The van der Waals surface area contributed by atoms with E-state index in [1.54, 1.807) is 25.3 Å². The van der Waals surface area contributed by atoms with Crippen molar-refractivity contribution in [2.75, 3.05) is 26.7 Å². The number of benzene rings is 1. The van der Waals surface area contributed by atoms with Crippen LogP contribution in [0.15, 0.2) is 22.7 Å². The van der Waals surface area contributed by atoms with Crippen molar-refractivity contribution in [1.82, 2.24) is 4.90 Å². The highest BCUT2D eigenvalue weighted by Gasteiger charge is 2.22. The quantitative estimate of drug-likeness (QED) is 0.860. The number of halogens is 1. The zero-order chi connectivity index (χ0) is 13.1. The number of aliphatic hydroxyl groups is 1. The summed E-state index contributed by atoms with van der Waals surface area (Å²) in [5, 5.41) is 9.42.